The maximum atomic E-state index is 8.10. The molecule has 0 spiro atoms. The second-order valence-corrected chi connectivity index (χ2v) is 3.13. The number of benzene rings is 1. The maximum Gasteiger partial charge on any atom is 0.0770 e. The average Bonchev–Trinajstić information content (AvgIpc) is 2.51. The summed E-state index contributed by atoms with van der Waals surface area (Å²) in [6, 6.07) is -6.21. The number of hydrogen-bond donors (Lipinski definition) is 0. The summed E-state index contributed by atoms with van der Waals surface area (Å²) in [7, 11) is 0. The molecule has 0 bridgehead atoms. The summed E-state index contributed by atoms with van der Waals surface area (Å²) >= 11 is 11.8. The first-order valence-electron chi connectivity index (χ1n) is 8.63. The predicted octanol–water partition coefficient (Wildman–Crippen LogP) is 3.85. The molecule has 1 aromatic carbocycles. The predicted molar refractivity (Wildman–Crippen MR) is 62.8 cm³/mol. The Kier molecular flexibility index (Phi) is 1.02. The molecule has 1 aliphatic rings. The molecule has 2 heteroatoms. The fourth-order valence-corrected chi connectivity index (χ4v) is 1.25. The Morgan fingerprint density at radius 3 is 2.57 bits per heavy atom. The number of rotatable bonds is 1. The molecular weight excluding hydrogens is 215 g/mol. The van der Waals surface area contributed by atoms with Gasteiger partial charge in [0, 0.05) is 0 Å². The standard InChI is InChI=1S/C12H10Cl2/c13-10-6-7-12(14)11(8-10)9-4-2-1-3-5-9/h1-8,10,12H/i1D,2D,3D,4D,5D,6D,7D,8D,10D,12D. The Morgan fingerprint density at radius 2 is 1.86 bits per heavy atom. The van der Waals surface area contributed by atoms with Crippen molar-refractivity contribution in [1.82, 2.24) is 0 Å². The van der Waals surface area contributed by atoms with Crippen LogP contribution in [-0.4, -0.2) is 10.7 Å². The lowest BCUT2D eigenvalue weighted by atomic mass is 9.97. The smallest absolute Gasteiger partial charge is 0.0770 e. The summed E-state index contributed by atoms with van der Waals surface area (Å²) in [5.41, 5.74) is -1.25. The largest absolute Gasteiger partial charge is 0.114 e. The van der Waals surface area contributed by atoms with E-state index in [-0.39, 0.29) is 0 Å². The molecule has 1 aromatic rings. The van der Waals surface area contributed by atoms with Gasteiger partial charge in [-0.2, -0.15) is 0 Å². The van der Waals surface area contributed by atoms with Gasteiger partial charge in [-0.25, -0.2) is 0 Å². The third-order valence-electron chi connectivity index (χ3n) is 1.49. The van der Waals surface area contributed by atoms with Crippen molar-refractivity contribution in [1.29, 1.82) is 0 Å². The summed E-state index contributed by atoms with van der Waals surface area (Å²) in [6.07, 6.45) is 0. The van der Waals surface area contributed by atoms with E-state index in [1.54, 1.807) is 0 Å². The van der Waals surface area contributed by atoms with Crippen LogP contribution < -0.4 is 0 Å². The highest BCUT2D eigenvalue weighted by atomic mass is 35.5. The maximum absolute atomic E-state index is 8.10. The summed E-state index contributed by atoms with van der Waals surface area (Å²) < 4.78 is 78.2. The van der Waals surface area contributed by atoms with E-state index in [2.05, 4.69) is 0 Å². The van der Waals surface area contributed by atoms with Crippen molar-refractivity contribution in [2.75, 3.05) is 0 Å². The van der Waals surface area contributed by atoms with E-state index < -0.39 is 70.2 Å². The minimum absolute atomic E-state index is 0.578. The molecule has 2 unspecified atom stereocenters. The van der Waals surface area contributed by atoms with Crippen molar-refractivity contribution in [3.63, 3.8) is 0 Å². The lowest BCUT2D eigenvalue weighted by Gasteiger charge is -2.16. The Hall–Kier alpha value is -0.720. The van der Waals surface area contributed by atoms with Crippen molar-refractivity contribution >= 4 is 28.8 Å². The first-order valence-corrected chi connectivity index (χ1v) is 4.38. The van der Waals surface area contributed by atoms with Crippen molar-refractivity contribution in [2.45, 2.75) is 10.7 Å². The highest BCUT2D eigenvalue weighted by Gasteiger charge is 2.15. The van der Waals surface area contributed by atoms with Gasteiger partial charge in [-0.05, 0) is 11.1 Å². The van der Waals surface area contributed by atoms with Crippen LogP contribution in [0, 0.1) is 0 Å². The van der Waals surface area contributed by atoms with E-state index in [0.717, 1.165) is 0 Å². The second kappa shape index (κ2) is 4.20. The minimum atomic E-state index is -2.58. The van der Waals surface area contributed by atoms with Crippen LogP contribution >= 0.6 is 23.2 Å². The monoisotopic (exact) mass is 234 g/mol. The molecule has 0 aliphatic heterocycles. The van der Waals surface area contributed by atoms with Gasteiger partial charge in [-0.1, -0.05) is 48.4 Å². The molecule has 2 atom stereocenters. The van der Waals surface area contributed by atoms with E-state index >= 15 is 0 Å². The first kappa shape index (κ1) is 3.40. The molecule has 0 saturated carbocycles. The molecule has 72 valence electrons. The van der Waals surface area contributed by atoms with Crippen LogP contribution in [-0.2, 0) is 0 Å². The van der Waals surface area contributed by atoms with E-state index in [4.69, 9.17) is 36.9 Å². The van der Waals surface area contributed by atoms with Crippen LogP contribution in [0.4, 0.5) is 0 Å². The number of hydrogen-bond acceptors (Lipinski definition) is 0. The first-order chi connectivity index (χ1) is 10.8. The topological polar surface area (TPSA) is 0 Å². The molecule has 14 heavy (non-hydrogen) atoms. The minimum Gasteiger partial charge on any atom is -0.114 e. The third kappa shape index (κ3) is 2.02. The summed E-state index contributed by atoms with van der Waals surface area (Å²) in [6.45, 7) is 0. The van der Waals surface area contributed by atoms with Gasteiger partial charge >= 0.3 is 0 Å². The lowest BCUT2D eigenvalue weighted by molar-refractivity contribution is 1.25. The van der Waals surface area contributed by atoms with Crippen molar-refractivity contribution in [3.8, 4) is 0 Å². The number of alkyl halides is 2. The van der Waals surface area contributed by atoms with Crippen molar-refractivity contribution < 1.29 is 13.7 Å². The fraction of sp³-hybridized carbons (Fsp3) is 0.167. The van der Waals surface area contributed by atoms with Gasteiger partial charge in [-0.15, -0.1) is 23.2 Å². The lowest BCUT2D eigenvalue weighted by Crippen LogP contribution is -2.07. The van der Waals surface area contributed by atoms with E-state index in [9.17, 15) is 0 Å². The van der Waals surface area contributed by atoms with Crippen LogP contribution in [0.5, 0.6) is 0 Å². The van der Waals surface area contributed by atoms with Gasteiger partial charge < -0.3 is 0 Å². The molecule has 0 amide bonds. The highest BCUT2D eigenvalue weighted by Crippen LogP contribution is 2.28. The molecule has 0 N–H and O–H groups in total. The normalized spacial score (nSPS) is 48.7. The number of halogens is 2. The van der Waals surface area contributed by atoms with Gasteiger partial charge in [0.05, 0.1) is 24.4 Å². The van der Waals surface area contributed by atoms with Gasteiger partial charge in [0.15, 0.2) is 0 Å². The highest BCUT2D eigenvalue weighted by molar-refractivity contribution is 6.30. The molecule has 0 nitrogen and oxygen atoms in total. The molecule has 2 rings (SSSR count). The van der Waals surface area contributed by atoms with Crippen LogP contribution in [0.2, 0.25) is 0 Å². The quantitative estimate of drug-likeness (QED) is 0.512. The molecule has 0 fully saturated rings. The van der Waals surface area contributed by atoms with Gasteiger partial charge in [0.25, 0.3) is 0 Å². The zero-order valence-electron chi connectivity index (χ0n) is 16.8. The molecule has 0 aromatic heterocycles. The van der Waals surface area contributed by atoms with Crippen LogP contribution in [0.15, 0.2) is 48.4 Å². The fourth-order valence-electron chi connectivity index (χ4n) is 0.915. The van der Waals surface area contributed by atoms with Crippen molar-refractivity contribution in [3.05, 3.63) is 53.9 Å². The van der Waals surface area contributed by atoms with Gasteiger partial charge in [0.2, 0.25) is 0 Å². The Balaban J connectivity index is 2.99. The molecular formula is C12H10Cl2. The van der Waals surface area contributed by atoms with Crippen molar-refractivity contribution in [2.24, 2.45) is 0 Å². The third-order valence-corrected chi connectivity index (χ3v) is 1.96. The second-order valence-electron chi connectivity index (χ2n) is 2.38. The zero-order valence-corrected chi connectivity index (χ0v) is 8.27. The average molecular weight is 235 g/mol. The molecule has 0 heterocycles. The summed E-state index contributed by atoms with van der Waals surface area (Å²) in [5.74, 6) is 0. The SMILES string of the molecule is [2H]C1=C([2H])C([2H])(Cl)C(c2c([2H])c([2H])c([2H])c([2H])c2[2H])=C([2H])C1([2H])Cl. The Labute approximate surface area is 108 Å². The molecule has 0 radical (unpaired) electrons. The zero-order chi connectivity index (χ0) is 18.8. The Bertz CT molecular complexity index is 780. The van der Waals surface area contributed by atoms with E-state index in [1.165, 1.54) is 0 Å². The van der Waals surface area contributed by atoms with Crippen LogP contribution in [0.25, 0.3) is 5.57 Å². The van der Waals surface area contributed by atoms with E-state index in [0.29, 0.717) is 0 Å². The molecule has 0 saturated heterocycles. The van der Waals surface area contributed by atoms with Gasteiger partial charge in [-0.3, -0.25) is 0 Å². The molecule has 1 aliphatic carbocycles. The Morgan fingerprint density at radius 1 is 1.14 bits per heavy atom. The summed E-state index contributed by atoms with van der Waals surface area (Å²) in [5, 5.41) is -5.13. The summed E-state index contributed by atoms with van der Waals surface area (Å²) in [4.78, 5) is 0. The van der Waals surface area contributed by atoms with E-state index in [1.807, 2.05) is 0 Å². The number of allylic oxidation sites excluding steroid dienone is 4. The van der Waals surface area contributed by atoms with Gasteiger partial charge in [0.1, 0.15) is 0 Å². The van der Waals surface area contributed by atoms with Crippen LogP contribution in [0.3, 0.4) is 0 Å². The van der Waals surface area contributed by atoms with Crippen LogP contribution in [0.1, 0.15) is 19.3 Å².